The molecule has 1 aliphatic carbocycles. The highest BCUT2D eigenvalue weighted by atomic mass is 79.9. The number of alkyl halides is 1. The van der Waals surface area contributed by atoms with E-state index in [1.807, 2.05) is 0 Å². The molecule has 5 rings (SSSR count). The molecule has 0 bridgehead atoms. The van der Waals surface area contributed by atoms with Gasteiger partial charge in [0.2, 0.25) is 6.79 Å². The number of carbonyl (C=O) groups excluding carboxylic acids is 1. The highest BCUT2D eigenvalue weighted by Gasteiger charge is 2.35. The lowest BCUT2D eigenvalue weighted by Gasteiger charge is -2.16. The van der Waals surface area contributed by atoms with E-state index in [-0.39, 0.29) is 35.0 Å². The van der Waals surface area contributed by atoms with Crippen molar-refractivity contribution in [3.8, 4) is 34.3 Å². The molecule has 29 heavy (non-hydrogen) atoms. The summed E-state index contributed by atoms with van der Waals surface area (Å²) >= 11 is 3.40. The van der Waals surface area contributed by atoms with Crippen molar-refractivity contribution in [3.05, 3.63) is 45.7 Å². The molecule has 0 radical (unpaired) electrons. The van der Waals surface area contributed by atoms with Gasteiger partial charge in [-0.25, -0.2) is 0 Å². The van der Waals surface area contributed by atoms with Crippen molar-refractivity contribution in [1.29, 1.82) is 0 Å². The van der Waals surface area contributed by atoms with Crippen molar-refractivity contribution in [1.82, 2.24) is 4.57 Å². The Bertz CT molecular complexity index is 1260. The number of halogens is 1. The Balaban J connectivity index is 1.90. The zero-order chi connectivity index (χ0) is 20.3. The van der Waals surface area contributed by atoms with E-state index >= 15 is 0 Å². The summed E-state index contributed by atoms with van der Waals surface area (Å²) in [6.07, 6.45) is 0.702. The maximum absolute atomic E-state index is 13.4. The molecule has 1 aromatic heterocycles. The number of aromatic hydroxyl groups is 1. The van der Waals surface area contributed by atoms with Crippen LogP contribution in [-0.2, 0) is 6.54 Å². The standard InChI is InChI=1S/C21H16BrNO6/c1-27-15-6-10-13(5-14(15)24)21(26)23(4-2-3-22)19-11-7-16-17(29-9-28-16)8-12(11)20(25)18(10)19/h5-8,24H,2-4,9H2,1H3. The van der Waals surface area contributed by atoms with Gasteiger partial charge in [0.15, 0.2) is 28.8 Å². The maximum atomic E-state index is 13.4. The van der Waals surface area contributed by atoms with Gasteiger partial charge >= 0.3 is 0 Å². The van der Waals surface area contributed by atoms with Crippen molar-refractivity contribution in [2.24, 2.45) is 0 Å². The molecule has 0 fully saturated rings. The van der Waals surface area contributed by atoms with Crippen LogP contribution in [0.1, 0.15) is 22.3 Å². The fourth-order valence-electron chi connectivity index (χ4n) is 4.03. The minimum atomic E-state index is -0.268. The van der Waals surface area contributed by atoms with Gasteiger partial charge in [0.05, 0.1) is 23.8 Å². The summed E-state index contributed by atoms with van der Waals surface area (Å²) in [5.74, 6) is 0.924. The molecule has 0 amide bonds. The van der Waals surface area contributed by atoms with Crippen LogP contribution in [0.5, 0.6) is 23.0 Å². The SMILES string of the molecule is COc1cc2c3c(n(CCCBr)c(=O)c2cc1O)-c1cc2c(cc1C3=O)OCO2. The third-order valence-corrected chi connectivity index (χ3v) is 5.89. The Labute approximate surface area is 173 Å². The van der Waals surface area contributed by atoms with Gasteiger partial charge in [-0.05, 0) is 30.7 Å². The van der Waals surface area contributed by atoms with Crippen LogP contribution in [0.3, 0.4) is 0 Å². The van der Waals surface area contributed by atoms with E-state index in [4.69, 9.17) is 14.2 Å². The normalized spacial score (nSPS) is 13.7. The van der Waals surface area contributed by atoms with E-state index in [2.05, 4.69) is 15.9 Å². The molecule has 8 heteroatoms. The highest BCUT2D eigenvalue weighted by molar-refractivity contribution is 9.09. The quantitative estimate of drug-likeness (QED) is 0.472. The van der Waals surface area contributed by atoms with Gasteiger partial charge in [0.25, 0.3) is 5.56 Å². The first-order chi connectivity index (χ1) is 14.0. The van der Waals surface area contributed by atoms with Crippen LogP contribution in [0.25, 0.3) is 22.0 Å². The molecular formula is C21H16BrNO6. The van der Waals surface area contributed by atoms with Gasteiger partial charge in [0.1, 0.15) is 0 Å². The molecule has 1 aliphatic heterocycles. The fraction of sp³-hybridized carbons (Fsp3) is 0.238. The van der Waals surface area contributed by atoms with Crippen LogP contribution in [0.2, 0.25) is 0 Å². The number of ketones is 1. The molecule has 0 unspecified atom stereocenters. The summed E-state index contributed by atoms with van der Waals surface area (Å²) in [6.45, 7) is 0.528. The van der Waals surface area contributed by atoms with Gasteiger partial charge in [-0.2, -0.15) is 0 Å². The monoisotopic (exact) mass is 457 g/mol. The van der Waals surface area contributed by atoms with Crippen molar-refractivity contribution < 1.29 is 24.1 Å². The lowest BCUT2D eigenvalue weighted by Crippen LogP contribution is -2.23. The molecule has 7 nitrogen and oxygen atoms in total. The van der Waals surface area contributed by atoms with Crippen LogP contribution in [0, 0.1) is 0 Å². The number of rotatable bonds is 4. The van der Waals surface area contributed by atoms with Crippen LogP contribution in [-0.4, -0.2) is 34.7 Å². The highest BCUT2D eigenvalue weighted by Crippen LogP contribution is 2.46. The lowest BCUT2D eigenvalue weighted by molar-refractivity contribution is 0.104. The molecule has 2 aliphatic rings. The number of hydrogen-bond acceptors (Lipinski definition) is 6. The number of nitrogens with zero attached hydrogens (tertiary/aromatic N) is 1. The van der Waals surface area contributed by atoms with Crippen LogP contribution < -0.4 is 19.8 Å². The van der Waals surface area contributed by atoms with Gasteiger partial charge in [-0.3, -0.25) is 9.59 Å². The number of pyridine rings is 1. The minimum Gasteiger partial charge on any atom is -0.504 e. The van der Waals surface area contributed by atoms with Crippen molar-refractivity contribution in [2.75, 3.05) is 19.2 Å². The Morgan fingerprint density at radius 2 is 1.83 bits per heavy atom. The topological polar surface area (TPSA) is 87.0 Å². The smallest absolute Gasteiger partial charge is 0.259 e. The predicted octanol–water partition coefficient (Wildman–Crippen LogP) is 3.44. The second-order valence-corrected chi connectivity index (χ2v) is 7.67. The Hall–Kier alpha value is -3.00. The average molecular weight is 458 g/mol. The van der Waals surface area contributed by atoms with E-state index in [1.54, 1.807) is 22.8 Å². The molecule has 2 aromatic carbocycles. The molecule has 0 saturated heterocycles. The Morgan fingerprint density at radius 1 is 1.10 bits per heavy atom. The van der Waals surface area contributed by atoms with Crippen molar-refractivity contribution in [2.45, 2.75) is 13.0 Å². The summed E-state index contributed by atoms with van der Waals surface area (Å²) in [7, 11) is 1.42. The number of ether oxygens (including phenoxy) is 3. The number of methoxy groups -OCH3 is 1. The lowest BCUT2D eigenvalue weighted by atomic mass is 10.0. The third-order valence-electron chi connectivity index (χ3n) is 5.33. The second kappa shape index (κ2) is 6.52. The van der Waals surface area contributed by atoms with Crippen LogP contribution in [0.15, 0.2) is 29.1 Å². The average Bonchev–Trinajstić information content (AvgIpc) is 3.29. The molecule has 1 N–H and O–H groups in total. The summed E-state index contributed by atoms with van der Waals surface area (Å²) in [5.41, 5.74) is 1.84. The number of hydrogen-bond donors (Lipinski definition) is 1. The van der Waals surface area contributed by atoms with Crippen molar-refractivity contribution in [3.63, 3.8) is 0 Å². The fourth-order valence-corrected chi connectivity index (χ4v) is 4.28. The molecule has 148 valence electrons. The van der Waals surface area contributed by atoms with E-state index in [0.29, 0.717) is 57.6 Å². The largest absolute Gasteiger partial charge is 0.504 e. The molecule has 2 heterocycles. The Morgan fingerprint density at radius 3 is 2.52 bits per heavy atom. The minimum absolute atomic E-state index is 0.101. The maximum Gasteiger partial charge on any atom is 0.259 e. The molecule has 0 atom stereocenters. The van der Waals surface area contributed by atoms with Gasteiger partial charge in [0, 0.05) is 28.4 Å². The van der Waals surface area contributed by atoms with E-state index in [9.17, 15) is 14.7 Å². The van der Waals surface area contributed by atoms with Gasteiger partial charge in [-0.1, -0.05) is 15.9 Å². The first-order valence-corrected chi connectivity index (χ1v) is 10.2. The number of benzene rings is 2. The van der Waals surface area contributed by atoms with Gasteiger partial charge < -0.3 is 23.9 Å². The molecular weight excluding hydrogens is 442 g/mol. The number of carbonyl (C=O) groups is 1. The molecule has 3 aromatic rings. The number of phenolic OH excluding ortho intramolecular Hbond substituents is 1. The zero-order valence-corrected chi connectivity index (χ0v) is 17.0. The first-order valence-electron chi connectivity index (χ1n) is 9.07. The number of phenols is 1. The molecule has 0 saturated carbocycles. The first kappa shape index (κ1) is 18.1. The van der Waals surface area contributed by atoms with E-state index in [1.165, 1.54) is 13.2 Å². The molecule has 0 spiro atoms. The summed E-state index contributed by atoms with van der Waals surface area (Å²) in [4.78, 5) is 26.7. The zero-order valence-electron chi connectivity index (χ0n) is 15.5. The Kier molecular flexibility index (Phi) is 4.06. The summed E-state index contributed by atoms with van der Waals surface area (Å²) in [5, 5.41) is 11.6. The summed E-state index contributed by atoms with van der Waals surface area (Å²) < 4.78 is 17.7. The van der Waals surface area contributed by atoms with Crippen LogP contribution >= 0.6 is 15.9 Å². The predicted molar refractivity (Wildman–Crippen MR) is 110 cm³/mol. The number of fused-ring (bicyclic) bond motifs is 6. The van der Waals surface area contributed by atoms with E-state index < -0.39 is 0 Å². The third kappa shape index (κ3) is 2.48. The van der Waals surface area contributed by atoms with Crippen LogP contribution in [0.4, 0.5) is 0 Å². The number of aromatic nitrogens is 1. The van der Waals surface area contributed by atoms with Crippen molar-refractivity contribution >= 4 is 32.5 Å². The van der Waals surface area contributed by atoms with E-state index in [0.717, 1.165) is 0 Å². The van der Waals surface area contributed by atoms with Gasteiger partial charge in [-0.15, -0.1) is 0 Å². The summed E-state index contributed by atoms with van der Waals surface area (Å²) in [6, 6.07) is 6.34. The second-order valence-electron chi connectivity index (χ2n) is 6.87.